The van der Waals surface area contributed by atoms with Gasteiger partial charge in [0.05, 0.1) is 0 Å². The average Bonchev–Trinajstić information content (AvgIpc) is 2.14. The zero-order valence-corrected chi connectivity index (χ0v) is 6.94. The SMILES string of the molecule is CCC1CCC[I-]1. The molecule has 0 radical (unpaired) electrons. The molecular formula is C6H12I-. The van der Waals surface area contributed by atoms with Gasteiger partial charge in [-0.25, -0.2) is 0 Å². The monoisotopic (exact) mass is 211 g/mol. The first-order valence-corrected chi connectivity index (χ1v) is 5.78. The van der Waals surface area contributed by atoms with E-state index in [9.17, 15) is 0 Å². The fourth-order valence-electron chi connectivity index (χ4n) is 0.920. The molecule has 1 aliphatic rings. The average molecular weight is 211 g/mol. The molecule has 1 saturated heterocycles. The number of alkyl halides is 2. The van der Waals surface area contributed by atoms with Gasteiger partial charge in [-0.05, 0) is 0 Å². The number of halogens is 1. The van der Waals surface area contributed by atoms with Crippen molar-refractivity contribution in [2.45, 2.75) is 30.1 Å². The van der Waals surface area contributed by atoms with Crippen LogP contribution >= 0.6 is 0 Å². The van der Waals surface area contributed by atoms with E-state index in [0.717, 1.165) is 0 Å². The molecule has 7 heavy (non-hydrogen) atoms. The Labute approximate surface area is 55.9 Å². The molecule has 1 unspecified atom stereocenters. The van der Waals surface area contributed by atoms with Crippen LogP contribution in [0.1, 0.15) is 26.2 Å². The van der Waals surface area contributed by atoms with Gasteiger partial charge in [0, 0.05) is 0 Å². The van der Waals surface area contributed by atoms with Crippen molar-refractivity contribution in [3.8, 4) is 0 Å². The van der Waals surface area contributed by atoms with Gasteiger partial charge in [-0.1, -0.05) is 0 Å². The summed E-state index contributed by atoms with van der Waals surface area (Å²) in [4.78, 5) is 0. The Morgan fingerprint density at radius 3 is 2.86 bits per heavy atom. The van der Waals surface area contributed by atoms with Gasteiger partial charge >= 0.3 is 55.7 Å². The van der Waals surface area contributed by atoms with E-state index in [-0.39, 0.29) is 0 Å². The molecule has 0 spiro atoms. The van der Waals surface area contributed by atoms with Gasteiger partial charge in [-0.2, -0.15) is 0 Å². The van der Waals surface area contributed by atoms with Crippen LogP contribution in [0, 0.1) is 0 Å². The fourth-order valence-corrected chi connectivity index (χ4v) is 4.19. The second-order valence-electron chi connectivity index (χ2n) is 1.99. The Morgan fingerprint density at radius 2 is 2.57 bits per heavy atom. The van der Waals surface area contributed by atoms with Gasteiger partial charge in [-0.3, -0.25) is 0 Å². The van der Waals surface area contributed by atoms with Gasteiger partial charge in [-0.15, -0.1) is 0 Å². The molecule has 1 aliphatic heterocycles. The van der Waals surface area contributed by atoms with Crippen LogP contribution in [0.3, 0.4) is 0 Å². The van der Waals surface area contributed by atoms with Crippen LogP contribution in [0.4, 0.5) is 0 Å². The maximum absolute atomic E-state index is 2.33. The van der Waals surface area contributed by atoms with E-state index in [0.29, 0.717) is 21.2 Å². The van der Waals surface area contributed by atoms with E-state index in [2.05, 4.69) is 6.92 Å². The standard InChI is InChI=1S/C6H12I/c1-2-6-4-3-5-7-6/h6H,2-5H2,1H3/q-1. The first kappa shape index (κ1) is 5.86. The summed E-state index contributed by atoms with van der Waals surface area (Å²) in [7, 11) is 0. The molecule has 1 atom stereocenters. The van der Waals surface area contributed by atoms with Crippen molar-refractivity contribution in [2.24, 2.45) is 0 Å². The van der Waals surface area contributed by atoms with Crippen molar-refractivity contribution in [3.63, 3.8) is 0 Å². The van der Waals surface area contributed by atoms with Crippen molar-refractivity contribution in [3.05, 3.63) is 0 Å². The minimum atomic E-state index is 0.676. The third kappa shape index (κ3) is 1.59. The van der Waals surface area contributed by atoms with Crippen LogP contribution in [0.2, 0.25) is 0 Å². The van der Waals surface area contributed by atoms with E-state index in [1.165, 1.54) is 10.3 Å². The summed E-state index contributed by atoms with van der Waals surface area (Å²) in [6.07, 6.45) is 4.57. The molecule has 0 nitrogen and oxygen atoms in total. The van der Waals surface area contributed by atoms with Crippen LogP contribution in [0.5, 0.6) is 0 Å². The predicted octanol–water partition coefficient (Wildman–Crippen LogP) is -1.35. The molecule has 0 saturated carbocycles. The van der Waals surface area contributed by atoms with Crippen molar-refractivity contribution in [1.29, 1.82) is 0 Å². The van der Waals surface area contributed by atoms with Crippen LogP contribution in [0.15, 0.2) is 0 Å². The Morgan fingerprint density at radius 1 is 1.71 bits per heavy atom. The Hall–Kier alpha value is 0.730. The van der Waals surface area contributed by atoms with E-state index in [4.69, 9.17) is 0 Å². The maximum atomic E-state index is 2.33. The van der Waals surface area contributed by atoms with E-state index < -0.39 is 0 Å². The molecular weight excluding hydrogens is 199 g/mol. The summed E-state index contributed by atoms with van der Waals surface area (Å²) >= 11 is 0.676. The summed E-state index contributed by atoms with van der Waals surface area (Å²) in [5.74, 6) is 0. The topological polar surface area (TPSA) is 0 Å². The van der Waals surface area contributed by atoms with E-state index in [1.807, 2.05) is 0 Å². The van der Waals surface area contributed by atoms with Crippen LogP contribution in [0.25, 0.3) is 0 Å². The molecule has 0 aromatic heterocycles. The molecule has 0 N–H and O–H groups in total. The zero-order chi connectivity index (χ0) is 5.11. The summed E-state index contributed by atoms with van der Waals surface area (Å²) in [6.45, 7) is 2.33. The number of hydrogen-bond donors (Lipinski definition) is 0. The third-order valence-electron chi connectivity index (χ3n) is 1.42. The molecule has 0 bridgehead atoms. The minimum absolute atomic E-state index is 0.676. The molecule has 1 heterocycles. The van der Waals surface area contributed by atoms with Crippen molar-refractivity contribution in [2.75, 3.05) is 4.43 Å². The Bertz CT molecular complexity index is 46.1. The van der Waals surface area contributed by atoms with E-state index >= 15 is 0 Å². The molecule has 0 amide bonds. The molecule has 0 aromatic carbocycles. The summed E-state index contributed by atoms with van der Waals surface area (Å²) in [5.41, 5.74) is 0. The summed E-state index contributed by atoms with van der Waals surface area (Å²) in [6, 6.07) is 0. The number of rotatable bonds is 1. The van der Waals surface area contributed by atoms with Gasteiger partial charge in [0.1, 0.15) is 0 Å². The zero-order valence-electron chi connectivity index (χ0n) is 4.78. The molecule has 0 aromatic rings. The van der Waals surface area contributed by atoms with Crippen molar-refractivity contribution < 1.29 is 21.2 Å². The van der Waals surface area contributed by atoms with Crippen LogP contribution < -0.4 is 21.2 Å². The fraction of sp³-hybridized carbons (Fsp3) is 1.00. The molecule has 1 rings (SSSR count). The van der Waals surface area contributed by atoms with E-state index in [1.54, 1.807) is 17.3 Å². The van der Waals surface area contributed by atoms with Gasteiger partial charge in [0.15, 0.2) is 0 Å². The molecule has 0 aliphatic carbocycles. The van der Waals surface area contributed by atoms with Gasteiger partial charge in [0.2, 0.25) is 0 Å². The first-order chi connectivity index (χ1) is 3.43. The number of hydrogen-bond acceptors (Lipinski definition) is 0. The van der Waals surface area contributed by atoms with Crippen molar-refractivity contribution >= 4 is 0 Å². The summed E-state index contributed by atoms with van der Waals surface area (Å²) in [5, 5.41) is 0. The second kappa shape index (κ2) is 2.90. The normalized spacial score (nSPS) is 32.4. The Balaban J connectivity index is 2.14. The second-order valence-corrected chi connectivity index (χ2v) is 5.71. The first-order valence-electron chi connectivity index (χ1n) is 3.01. The molecule has 1 fully saturated rings. The molecule has 1 heteroatoms. The van der Waals surface area contributed by atoms with Crippen LogP contribution in [-0.4, -0.2) is 8.35 Å². The quantitative estimate of drug-likeness (QED) is 0.371. The molecule has 44 valence electrons. The van der Waals surface area contributed by atoms with Gasteiger partial charge < -0.3 is 0 Å². The summed E-state index contributed by atoms with van der Waals surface area (Å²) < 4.78 is 2.82. The third-order valence-corrected chi connectivity index (χ3v) is 5.56. The predicted molar refractivity (Wildman–Crippen MR) is 28.2 cm³/mol. The van der Waals surface area contributed by atoms with Gasteiger partial charge in [0.25, 0.3) is 0 Å². The Kier molecular flexibility index (Phi) is 2.43. The van der Waals surface area contributed by atoms with Crippen molar-refractivity contribution in [1.82, 2.24) is 0 Å². The van der Waals surface area contributed by atoms with Crippen LogP contribution in [-0.2, 0) is 0 Å².